The first-order valence-corrected chi connectivity index (χ1v) is 6.88. The highest BCUT2D eigenvalue weighted by molar-refractivity contribution is 5.28. The Morgan fingerprint density at radius 1 is 1.25 bits per heavy atom. The Labute approximate surface area is 115 Å². The molecule has 0 aromatic heterocycles. The highest BCUT2D eigenvalue weighted by Crippen LogP contribution is 2.36. The number of halogens is 4. The van der Waals surface area contributed by atoms with Gasteiger partial charge in [0.15, 0.2) is 6.10 Å². The van der Waals surface area contributed by atoms with Crippen molar-refractivity contribution in [1.29, 1.82) is 0 Å². The maximum Gasteiger partial charge on any atom is 0.414 e. The lowest BCUT2D eigenvalue weighted by molar-refractivity contribution is -0.232. The summed E-state index contributed by atoms with van der Waals surface area (Å²) < 4.78 is 56.3. The number of hydrogen-bond donors (Lipinski definition) is 0. The summed E-state index contributed by atoms with van der Waals surface area (Å²) >= 11 is 0. The van der Waals surface area contributed by atoms with Gasteiger partial charge in [0.1, 0.15) is 5.82 Å². The van der Waals surface area contributed by atoms with Gasteiger partial charge in [-0.15, -0.1) is 0 Å². The molecule has 0 bridgehead atoms. The lowest BCUT2D eigenvalue weighted by Crippen LogP contribution is -2.37. The minimum absolute atomic E-state index is 0.0752. The van der Waals surface area contributed by atoms with Gasteiger partial charge in [-0.05, 0) is 36.5 Å². The molecule has 0 amide bonds. The van der Waals surface area contributed by atoms with E-state index in [4.69, 9.17) is 4.74 Å². The molecule has 0 radical (unpaired) electrons. The first-order chi connectivity index (χ1) is 9.41. The lowest BCUT2D eigenvalue weighted by atomic mass is 9.90. The summed E-state index contributed by atoms with van der Waals surface area (Å²) in [6.07, 6.45) is -4.11. The van der Waals surface area contributed by atoms with Crippen molar-refractivity contribution in [3.63, 3.8) is 0 Å². The first kappa shape index (κ1) is 15.3. The molecule has 2 atom stereocenters. The van der Waals surface area contributed by atoms with Crippen LogP contribution < -0.4 is 0 Å². The monoisotopic (exact) mass is 290 g/mol. The molecule has 20 heavy (non-hydrogen) atoms. The fraction of sp³-hybridized carbons (Fsp3) is 0.600. The Kier molecular flexibility index (Phi) is 4.68. The van der Waals surface area contributed by atoms with Crippen molar-refractivity contribution in [2.75, 3.05) is 6.61 Å². The molecule has 1 fully saturated rings. The van der Waals surface area contributed by atoms with Crippen LogP contribution in [0.3, 0.4) is 0 Å². The molecule has 1 heterocycles. The van der Waals surface area contributed by atoms with Crippen LogP contribution in [0.1, 0.15) is 43.2 Å². The third-order valence-electron chi connectivity index (χ3n) is 3.68. The third-order valence-corrected chi connectivity index (χ3v) is 3.68. The van der Waals surface area contributed by atoms with E-state index in [0.29, 0.717) is 12.0 Å². The molecule has 1 aromatic carbocycles. The first-order valence-electron chi connectivity index (χ1n) is 6.88. The molecule has 1 nitrogen and oxygen atoms in total. The van der Waals surface area contributed by atoms with Gasteiger partial charge in [-0.1, -0.05) is 25.5 Å². The molecular weight excluding hydrogens is 272 g/mol. The Morgan fingerprint density at radius 3 is 2.50 bits per heavy atom. The molecule has 1 aliphatic heterocycles. The van der Waals surface area contributed by atoms with Crippen LogP contribution in [-0.2, 0) is 11.2 Å². The van der Waals surface area contributed by atoms with Gasteiger partial charge < -0.3 is 4.74 Å². The second-order valence-corrected chi connectivity index (χ2v) is 5.24. The molecule has 0 saturated carbocycles. The predicted octanol–water partition coefficient (Wildman–Crippen LogP) is 4.60. The number of ether oxygens (including phenoxy) is 1. The smallest absolute Gasteiger partial charge is 0.368 e. The predicted molar refractivity (Wildman–Crippen MR) is 68.2 cm³/mol. The standard InChI is InChI=1S/C15H18F4O/c1-2-3-10-4-6-12(13(16)8-10)11-5-7-14(20-9-11)15(17,18)19/h4,6,8,11,14H,2-3,5,7,9H2,1H3. The average molecular weight is 290 g/mol. The van der Waals surface area contributed by atoms with Crippen molar-refractivity contribution >= 4 is 0 Å². The van der Waals surface area contributed by atoms with E-state index in [0.717, 1.165) is 18.4 Å². The molecule has 1 saturated heterocycles. The molecule has 0 spiro atoms. The van der Waals surface area contributed by atoms with E-state index in [9.17, 15) is 17.6 Å². The van der Waals surface area contributed by atoms with Gasteiger partial charge >= 0.3 is 6.18 Å². The molecule has 2 rings (SSSR count). The van der Waals surface area contributed by atoms with Gasteiger partial charge in [0.05, 0.1) is 6.61 Å². The van der Waals surface area contributed by atoms with Crippen LogP contribution >= 0.6 is 0 Å². The number of rotatable bonds is 3. The highest BCUT2D eigenvalue weighted by atomic mass is 19.4. The zero-order valence-corrected chi connectivity index (χ0v) is 11.3. The van der Waals surface area contributed by atoms with E-state index >= 15 is 0 Å². The van der Waals surface area contributed by atoms with Crippen molar-refractivity contribution in [2.24, 2.45) is 0 Å². The molecule has 0 aliphatic carbocycles. The van der Waals surface area contributed by atoms with Gasteiger partial charge in [0.2, 0.25) is 0 Å². The fourth-order valence-electron chi connectivity index (χ4n) is 2.60. The maximum absolute atomic E-state index is 14.0. The maximum atomic E-state index is 14.0. The van der Waals surface area contributed by atoms with Crippen molar-refractivity contribution in [2.45, 2.75) is 50.8 Å². The summed E-state index contributed by atoms with van der Waals surface area (Å²) in [6.45, 7) is 1.94. The van der Waals surface area contributed by atoms with Gasteiger partial charge in [0.25, 0.3) is 0 Å². The molecule has 1 aliphatic rings. The van der Waals surface area contributed by atoms with Gasteiger partial charge in [-0.3, -0.25) is 0 Å². The summed E-state index contributed by atoms with van der Waals surface area (Å²) in [4.78, 5) is 0. The largest absolute Gasteiger partial charge is 0.414 e. The van der Waals surface area contributed by atoms with Gasteiger partial charge in [-0.2, -0.15) is 13.2 Å². The number of hydrogen-bond acceptors (Lipinski definition) is 1. The number of benzene rings is 1. The summed E-state index contributed by atoms with van der Waals surface area (Å²) in [7, 11) is 0. The van der Waals surface area contributed by atoms with Gasteiger partial charge in [-0.25, -0.2) is 4.39 Å². The van der Waals surface area contributed by atoms with Crippen LogP contribution in [0.25, 0.3) is 0 Å². The Morgan fingerprint density at radius 2 is 2.00 bits per heavy atom. The Bertz CT molecular complexity index is 448. The Balaban J connectivity index is 2.03. The molecule has 2 unspecified atom stereocenters. The topological polar surface area (TPSA) is 9.23 Å². The highest BCUT2D eigenvalue weighted by Gasteiger charge is 2.43. The molecule has 1 aromatic rings. The minimum Gasteiger partial charge on any atom is -0.368 e. The van der Waals surface area contributed by atoms with E-state index in [1.165, 1.54) is 6.07 Å². The van der Waals surface area contributed by atoms with Crippen LogP contribution in [-0.4, -0.2) is 18.9 Å². The molecule has 112 valence electrons. The molecular formula is C15H18F4O. The van der Waals surface area contributed by atoms with E-state index in [1.54, 1.807) is 6.07 Å². The van der Waals surface area contributed by atoms with Crippen LogP contribution in [0.5, 0.6) is 0 Å². The van der Waals surface area contributed by atoms with Crippen LogP contribution in [0.2, 0.25) is 0 Å². The van der Waals surface area contributed by atoms with Crippen molar-refractivity contribution < 1.29 is 22.3 Å². The van der Waals surface area contributed by atoms with E-state index in [2.05, 4.69) is 0 Å². The zero-order valence-electron chi connectivity index (χ0n) is 11.3. The van der Waals surface area contributed by atoms with Crippen LogP contribution in [0.15, 0.2) is 18.2 Å². The summed E-state index contributed by atoms with van der Waals surface area (Å²) in [5.74, 6) is -0.626. The SMILES string of the molecule is CCCc1ccc(C2CCC(C(F)(F)F)OC2)c(F)c1. The quantitative estimate of drug-likeness (QED) is 0.739. The van der Waals surface area contributed by atoms with Crippen LogP contribution in [0, 0.1) is 5.82 Å². The van der Waals surface area contributed by atoms with Crippen molar-refractivity contribution in [3.8, 4) is 0 Å². The van der Waals surface area contributed by atoms with Crippen molar-refractivity contribution in [1.82, 2.24) is 0 Å². The summed E-state index contributed by atoms with van der Waals surface area (Å²) in [5.41, 5.74) is 1.38. The normalized spacial score (nSPS) is 23.9. The zero-order chi connectivity index (χ0) is 14.8. The minimum atomic E-state index is -4.32. The van der Waals surface area contributed by atoms with E-state index < -0.39 is 12.3 Å². The Hall–Kier alpha value is -1.10. The summed E-state index contributed by atoms with van der Waals surface area (Å²) in [5, 5.41) is 0. The van der Waals surface area contributed by atoms with Crippen molar-refractivity contribution in [3.05, 3.63) is 35.1 Å². The average Bonchev–Trinajstić information content (AvgIpc) is 2.38. The molecule has 5 heteroatoms. The third kappa shape index (κ3) is 3.51. The lowest BCUT2D eigenvalue weighted by Gasteiger charge is -2.30. The fourth-order valence-corrected chi connectivity index (χ4v) is 2.60. The van der Waals surface area contributed by atoms with E-state index in [-0.39, 0.29) is 24.8 Å². The van der Waals surface area contributed by atoms with E-state index in [1.807, 2.05) is 13.0 Å². The van der Waals surface area contributed by atoms with Gasteiger partial charge in [0, 0.05) is 5.92 Å². The number of alkyl halides is 3. The second-order valence-electron chi connectivity index (χ2n) is 5.24. The van der Waals surface area contributed by atoms with Crippen LogP contribution in [0.4, 0.5) is 17.6 Å². The number of aryl methyl sites for hydroxylation is 1. The molecule has 0 N–H and O–H groups in total. The summed E-state index contributed by atoms with van der Waals surface area (Å²) in [6, 6.07) is 5.01. The second kappa shape index (κ2) is 6.12.